The fraction of sp³-hybridized carbons (Fsp3) is 0.200. The molecule has 0 saturated heterocycles. The van der Waals surface area contributed by atoms with E-state index in [9.17, 15) is 9.59 Å². The Morgan fingerprint density at radius 3 is 2.57 bits per heavy atom. The summed E-state index contributed by atoms with van der Waals surface area (Å²) in [5, 5.41) is 8.81. The van der Waals surface area contributed by atoms with Crippen molar-refractivity contribution < 1.29 is 14.7 Å². The van der Waals surface area contributed by atoms with E-state index in [0.717, 1.165) is 5.56 Å². The fourth-order valence-electron chi connectivity index (χ4n) is 1.28. The van der Waals surface area contributed by atoms with Crippen LogP contribution in [-0.4, -0.2) is 17.2 Å². The van der Waals surface area contributed by atoms with Gasteiger partial charge in [0.25, 0.3) is 0 Å². The third-order valence-corrected chi connectivity index (χ3v) is 2.02. The molecule has 14 heavy (non-hydrogen) atoms. The monoisotopic (exact) mass is 191 g/mol. The Morgan fingerprint density at radius 2 is 2.07 bits per heavy atom. The van der Waals surface area contributed by atoms with Gasteiger partial charge >= 0.3 is 5.97 Å². The summed E-state index contributed by atoms with van der Waals surface area (Å²) in [6.45, 7) is 3.38. The second-order valence-corrected chi connectivity index (χ2v) is 2.91. The number of carboxylic acids is 1. The number of aliphatic imine (C=N–C) groups is 1. The van der Waals surface area contributed by atoms with Gasteiger partial charge < -0.3 is 5.11 Å². The molecule has 0 unspecified atom stereocenters. The molecule has 4 nitrogen and oxygen atoms in total. The smallest absolute Gasteiger partial charge is 0.336 e. The Labute approximate surface area is 80.9 Å². The van der Waals surface area contributed by atoms with Gasteiger partial charge in [-0.3, -0.25) is 0 Å². The third kappa shape index (κ3) is 1.70. The molecule has 0 aliphatic rings. The van der Waals surface area contributed by atoms with Crippen LogP contribution in [0.5, 0.6) is 0 Å². The fourth-order valence-corrected chi connectivity index (χ4v) is 1.28. The predicted molar refractivity (Wildman–Crippen MR) is 50.7 cm³/mol. The van der Waals surface area contributed by atoms with E-state index >= 15 is 0 Å². The zero-order chi connectivity index (χ0) is 10.7. The Hall–Kier alpha value is -1.93. The maximum atomic E-state index is 10.7. The van der Waals surface area contributed by atoms with Crippen molar-refractivity contribution in [3.63, 3.8) is 0 Å². The molecule has 0 fully saturated rings. The number of carbonyl (C=O) groups is 1. The number of isocyanates is 1. The Kier molecular flexibility index (Phi) is 2.79. The maximum Gasteiger partial charge on any atom is 0.336 e. The molecule has 0 radical (unpaired) electrons. The molecule has 0 aromatic heterocycles. The van der Waals surface area contributed by atoms with Gasteiger partial charge in [0.1, 0.15) is 0 Å². The average Bonchev–Trinajstić information content (AvgIpc) is 2.11. The predicted octanol–water partition coefficient (Wildman–Crippen LogP) is 1.97. The van der Waals surface area contributed by atoms with E-state index in [2.05, 4.69) is 4.99 Å². The lowest BCUT2D eigenvalue weighted by molar-refractivity contribution is 0.0696. The maximum absolute atomic E-state index is 10.7. The molecule has 0 heterocycles. The molecule has 72 valence electrons. The van der Waals surface area contributed by atoms with E-state index in [1.165, 1.54) is 12.1 Å². The molecule has 0 atom stereocenters. The molecule has 0 spiro atoms. The third-order valence-electron chi connectivity index (χ3n) is 2.02. The van der Waals surface area contributed by atoms with Crippen LogP contribution < -0.4 is 0 Å². The van der Waals surface area contributed by atoms with E-state index in [-0.39, 0.29) is 5.56 Å². The molecule has 1 aromatic carbocycles. The first-order valence-electron chi connectivity index (χ1n) is 3.99. The zero-order valence-corrected chi connectivity index (χ0v) is 7.87. The topological polar surface area (TPSA) is 66.7 Å². The van der Waals surface area contributed by atoms with Crippen molar-refractivity contribution in [3.05, 3.63) is 28.8 Å². The quantitative estimate of drug-likeness (QED) is 0.574. The molecule has 0 saturated carbocycles. The molecular weight excluding hydrogens is 182 g/mol. The second-order valence-electron chi connectivity index (χ2n) is 2.91. The highest BCUT2D eigenvalue weighted by molar-refractivity contribution is 5.91. The largest absolute Gasteiger partial charge is 0.478 e. The highest BCUT2D eigenvalue weighted by atomic mass is 16.4. The average molecular weight is 191 g/mol. The second kappa shape index (κ2) is 3.85. The summed E-state index contributed by atoms with van der Waals surface area (Å²) in [5.41, 5.74) is 1.79. The molecule has 1 rings (SSSR count). The summed E-state index contributed by atoms with van der Waals surface area (Å²) < 4.78 is 0. The minimum Gasteiger partial charge on any atom is -0.478 e. The number of aryl methyl sites for hydroxylation is 1. The Bertz CT molecular complexity index is 431. The minimum atomic E-state index is -1.02. The van der Waals surface area contributed by atoms with E-state index < -0.39 is 5.97 Å². The standard InChI is InChI=1S/C10H9NO3/c1-6-3-4-8(10(13)14)7(2)9(6)11-5-12/h3-4H,1-2H3,(H,13,14). The summed E-state index contributed by atoms with van der Waals surface area (Å²) in [5.74, 6) is -1.02. The normalized spacial score (nSPS) is 9.29. The van der Waals surface area contributed by atoms with Crippen LogP contribution in [0.1, 0.15) is 21.5 Å². The van der Waals surface area contributed by atoms with Crippen molar-refractivity contribution in [3.8, 4) is 0 Å². The van der Waals surface area contributed by atoms with E-state index in [1.807, 2.05) is 0 Å². The van der Waals surface area contributed by atoms with Gasteiger partial charge in [0.05, 0.1) is 11.3 Å². The highest BCUT2D eigenvalue weighted by Gasteiger charge is 2.11. The SMILES string of the molecule is Cc1ccc(C(=O)O)c(C)c1N=C=O. The number of benzene rings is 1. The van der Waals surface area contributed by atoms with Crippen LogP contribution in [0, 0.1) is 13.8 Å². The first-order valence-corrected chi connectivity index (χ1v) is 3.99. The lowest BCUT2D eigenvalue weighted by Gasteiger charge is -2.05. The number of hydrogen-bond donors (Lipinski definition) is 1. The van der Waals surface area contributed by atoms with Gasteiger partial charge in [-0.1, -0.05) is 6.07 Å². The van der Waals surface area contributed by atoms with Gasteiger partial charge in [0, 0.05) is 0 Å². The Balaban J connectivity index is 3.48. The highest BCUT2D eigenvalue weighted by Crippen LogP contribution is 2.25. The summed E-state index contributed by atoms with van der Waals surface area (Å²) in [7, 11) is 0. The van der Waals surface area contributed by atoms with Crippen molar-refractivity contribution >= 4 is 17.7 Å². The van der Waals surface area contributed by atoms with Crippen molar-refractivity contribution in [1.29, 1.82) is 0 Å². The van der Waals surface area contributed by atoms with Gasteiger partial charge in [-0.05, 0) is 31.0 Å². The first kappa shape index (κ1) is 10.2. The van der Waals surface area contributed by atoms with Crippen LogP contribution in [0.4, 0.5) is 5.69 Å². The van der Waals surface area contributed by atoms with Gasteiger partial charge in [-0.15, -0.1) is 0 Å². The van der Waals surface area contributed by atoms with Gasteiger partial charge in [-0.25, -0.2) is 9.59 Å². The van der Waals surface area contributed by atoms with E-state index in [0.29, 0.717) is 11.3 Å². The number of hydrogen-bond acceptors (Lipinski definition) is 3. The van der Waals surface area contributed by atoms with Crippen LogP contribution in [0.3, 0.4) is 0 Å². The van der Waals surface area contributed by atoms with Gasteiger partial charge in [-0.2, -0.15) is 4.99 Å². The molecule has 4 heteroatoms. The first-order chi connectivity index (χ1) is 6.57. The number of carboxylic acid groups (broad SMARTS) is 1. The lowest BCUT2D eigenvalue weighted by atomic mass is 10.0. The molecule has 1 N–H and O–H groups in total. The van der Waals surface area contributed by atoms with Crippen molar-refractivity contribution in [2.45, 2.75) is 13.8 Å². The minimum absolute atomic E-state index is 0.157. The number of nitrogens with zero attached hydrogens (tertiary/aromatic N) is 1. The van der Waals surface area contributed by atoms with Gasteiger partial charge in [0.15, 0.2) is 0 Å². The number of rotatable bonds is 2. The van der Waals surface area contributed by atoms with Crippen LogP contribution in [0.2, 0.25) is 0 Å². The molecule has 0 amide bonds. The molecule has 0 bridgehead atoms. The number of aromatic carboxylic acids is 1. The summed E-state index contributed by atoms with van der Waals surface area (Å²) in [4.78, 5) is 24.4. The Morgan fingerprint density at radius 1 is 1.43 bits per heavy atom. The van der Waals surface area contributed by atoms with Crippen LogP contribution >= 0.6 is 0 Å². The summed E-state index contributed by atoms with van der Waals surface area (Å²) >= 11 is 0. The van der Waals surface area contributed by atoms with Crippen LogP contribution in [-0.2, 0) is 4.79 Å². The molecule has 0 aliphatic heterocycles. The molecule has 0 aliphatic carbocycles. The molecular formula is C10H9NO3. The van der Waals surface area contributed by atoms with E-state index in [1.54, 1.807) is 19.9 Å². The van der Waals surface area contributed by atoms with Gasteiger partial charge in [0.2, 0.25) is 6.08 Å². The zero-order valence-electron chi connectivity index (χ0n) is 7.87. The summed E-state index contributed by atoms with van der Waals surface area (Å²) in [6, 6.07) is 3.11. The van der Waals surface area contributed by atoms with E-state index in [4.69, 9.17) is 5.11 Å². The lowest BCUT2D eigenvalue weighted by Crippen LogP contribution is -2.00. The van der Waals surface area contributed by atoms with Crippen LogP contribution in [0.15, 0.2) is 17.1 Å². The van der Waals surface area contributed by atoms with Crippen molar-refractivity contribution in [2.24, 2.45) is 4.99 Å². The summed E-state index contributed by atoms with van der Waals surface area (Å²) in [6.07, 6.45) is 1.41. The number of carbonyl (C=O) groups excluding carboxylic acids is 1. The van der Waals surface area contributed by atoms with Crippen LogP contribution in [0.25, 0.3) is 0 Å². The molecule has 1 aromatic rings. The van der Waals surface area contributed by atoms with Crippen molar-refractivity contribution in [2.75, 3.05) is 0 Å². The van der Waals surface area contributed by atoms with Crippen molar-refractivity contribution in [1.82, 2.24) is 0 Å².